The van der Waals surface area contributed by atoms with Crippen LogP contribution in [0.1, 0.15) is 11.3 Å². The maximum atomic E-state index is 12.1. The van der Waals surface area contributed by atoms with Crippen LogP contribution in [0.15, 0.2) is 76.1 Å². The lowest BCUT2D eigenvalue weighted by molar-refractivity contribution is -0.117. The van der Waals surface area contributed by atoms with E-state index in [0.717, 1.165) is 16.7 Å². The molecule has 0 saturated carbocycles. The Balaban J connectivity index is 1.59. The van der Waals surface area contributed by atoms with Crippen molar-refractivity contribution < 1.29 is 27.9 Å². The van der Waals surface area contributed by atoms with Crippen LogP contribution in [-0.2, 0) is 21.1 Å². The molecule has 0 fully saturated rings. The standard InChI is InChI=1S/C23H24N2O6S/c1-32(29,30)21-10-6-18(7-11-21)17-4-2-16(3-5-17)14-19(15-26)24-22(27)12-8-20-9-13-23(25-28)31-20/h2-13,19,25-26,28H,14-15H2,1H3,(H,24,27)/b12-8+/t19-/m0/s1. The number of benzene rings is 2. The van der Waals surface area contributed by atoms with E-state index < -0.39 is 15.9 Å². The predicted molar refractivity (Wildman–Crippen MR) is 121 cm³/mol. The molecular weight excluding hydrogens is 432 g/mol. The number of hydrogen-bond donors (Lipinski definition) is 4. The SMILES string of the molecule is CS(=O)(=O)c1ccc(-c2ccc(C[C@@H](CO)NC(=O)/C=C/c3ccc(NO)o3)cc2)cc1. The maximum Gasteiger partial charge on any atom is 0.244 e. The van der Waals surface area contributed by atoms with Crippen LogP contribution in [0.4, 0.5) is 5.88 Å². The largest absolute Gasteiger partial charge is 0.439 e. The zero-order chi connectivity index (χ0) is 23.1. The molecule has 0 aliphatic heterocycles. The molecule has 1 amide bonds. The van der Waals surface area contributed by atoms with E-state index in [4.69, 9.17) is 9.62 Å². The monoisotopic (exact) mass is 456 g/mol. The van der Waals surface area contributed by atoms with Crippen molar-refractivity contribution in [2.45, 2.75) is 17.4 Å². The fourth-order valence-electron chi connectivity index (χ4n) is 3.08. The van der Waals surface area contributed by atoms with Crippen molar-refractivity contribution in [3.8, 4) is 11.1 Å². The molecule has 9 heteroatoms. The summed E-state index contributed by atoms with van der Waals surface area (Å²) in [4.78, 5) is 12.4. The number of furan rings is 1. The van der Waals surface area contributed by atoms with Gasteiger partial charge in [-0.2, -0.15) is 0 Å². The summed E-state index contributed by atoms with van der Waals surface area (Å²) >= 11 is 0. The van der Waals surface area contributed by atoms with Crippen LogP contribution < -0.4 is 10.8 Å². The van der Waals surface area contributed by atoms with Gasteiger partial charge in [0.25, 0.3) is 0 Å². The highest BCUT2D eigenvalue weighted by molar-refractivity contribution is 7.90. The minimum atomic E-state index is -3.24. The predicted octanol–water partition coefficient (Wildman–Crippen LogP) is 2.88. The highest BCUT2D eigenvalue weighted by atomic mass is 32.2. The Morgan fingerprint density at radius 3 is 2.19 bits per heavy atom. The minimum Gasteiger partial charge on any atom is -0.439 e. The maximum absolute atomic E-state index is 12.1. The molecule has 3 aromatic rings. The number of anilines is 1. The molecule has 0 radical (unpaired) electrons. The van der Waals surface area contributed by atoms with Crippen molar-refractivity contribution in [2.24, 2.45) is 0 Å². The molecule has 0 saturated heterocycles. The fraction of sp³-hybridized carbons (Fsp3) is 0.174. The molecule has 3 rings (SSSR count). The summed E-state index contributed by atoms with van der Waals surface area (Å²) in [6, 6.07) is 16.9. The van der Waals surface area contributed by atoms with E-state index in [1.54, 1.807) is 30.3 Å². The summed E-state index contributed by atoms with van der Waals surface area (Å²) in [5, 5.41) is 21.1. The van der Waals surface area contributed by atoms with Crippen molar-refractivity contribution in [1.82, 2.24) is 5.32 Å². The summed E-state index contributed by atoms with van der Waals surface area (Å²) in [6.45, 7) is -0.229. The molecule has 1 heterocycles. The van der Waals surface area contributed by atoms with Gasteiger partial charge in [-0.3, -0.25) is 10.0 Å². The third-order valence-electron chi connectivity index (χ3n) is 4.75. The van der Waals surface area contributed by atoms with Gasteiger partial charge >= 0.3 is 0 Å². The lowest BCUT2D eigenvalue weighted by atomic mass is 10.0. The van der Waals surface area contributed by atoms with Crippen LogP contribution in [0.2, 0.25) is 0 Å². The second-order valence-electron chi connectivity index (χ2n) is 7.23. The molecular formula is C23H24N2O6S. The molecule has 1 atom stereocenters. The van der Waals surface area contributed by atoms with E-state index in [2.05, 4.69) is 5.32 Å². The van der Waals surface area contributed by atoms with E-state index in [0.29, 0.717) is 12.2 Å². The normalized spacial score (nSPS) is 12.6. The second-order valence-corrected chi connectivity index (χ2v) is 9.25. The number of sulfone groups is 1. The molecule has 8 nitrogen and oxygen atoms in total. The van der Waals surface area contributed by atoms with Gasteiger partial charge in [0.2, 0.25) is 11.8 Å². The molecule has 1 aromatic heterocycles. The lowest BCUT2D eigenvalue weighted by Crippen LogP contribution is -2.38. The van der Waals surface area contributed by atoms with E-state index in [1.807, 2.05) is 29.7 Å². The summed E-state index contributed by atoms with van der Waals surface area (Å²) < 4.78 is 28.4. The van der Waals surface area contributed by atoms with Crippen LogP contribution in [0.3, 0.4) is 0 Å². The zero-order valence-electron chi connectivity index (χ0n) is 17.4. The molecule has 2 aromatic carbocycles. The highest BCUT2D eigenvalue weighted by Crippen LogP contribution is 2.22. The first-order chi connectivity index (χ1) is 15.3. The van der Waals surface area contributed by atoms with Gasteiger partial charge in [-0.25, -0.2) is 13.9 Å². The van der Waals surface area contributed by atoms with Crippen LogP contribution >= 0.6 is 0 Å². The van der Waals surface area contributed by atoms with E-state index in [1.165, 1.54) is 24.5 Å². The number of rotatable bonds is 9. The second kappa shape index (κ2) is 10.3. The average molecular weight is 457 g/mol. The van der Waals surface area contributed by atoms with Crippen molar-refractivity contribution >= 4 is 27.7 Å². The molecule has 168 valence electrons. The number of carbonyl (C=O) groups is 1. The number of carbonyl (C=O) groups excluding carboxylic acids is 1. The van der Waals surface area contributed by atoms with Gasteiger partial charge in [-0.1, -0.05) is 36.4 Å². The third-order valence-corrected chi connectivity index (χ3v) is 5.88. The first kappa shape index (κ1) is 23.3. The van der Waals surface area contributed by atoms with Gasteiger partial charge in [0.15, 0.2) is 9.84 Å². The van der Waals surface area contributed by atoms with Gasteiger partial charge in [0.1, 0.15) is 5.76 Å². The fourth-order valence-corrected chi connectivity index (χ4v) is 3.71. The number of hydrogen-bond acceptors (Lipinski definition) is 7. The van der Waals surface area contributed by atoms with E-state index >= 15 is 0 Å². The Bertz CT molecular complexity index is 1180. The average Bonchev–Trinajstić information content (AvgIpc) is 3.25. The highest BCUT2D eigenvalue weighted by Gasteiger charge is 2.12. The zero-order valence-corrected chi connectivity index (χ0v) is 18.2. The van der Waals surface area contributed by atoms with Gasteiger partial charge in [0.05, 0.1) is 17.5 Å². The molecule has 0 aliphatic rings. The number of aliphatic hydroxyl groups excluding tert-OH is 1. The Kier molecular flexibility index (Phi) is 7.47. The molecule has 0 spiro atoms. The van der Waals surface area contributed by atoms with Crippen molar-refractivity contribution in [2.75, 3.05) is 18.3 Å². The van der Waals surface area contributed by atoms with Crippen LogP contribution in [-0.4, -0.2) is 43.5 Å². The van der Waals surface area contributed by atoms with Gasteiger partial charge in [-0.05, 0) is 47.4 Å². The summed E-state index contributed by atoms with van der Waals surface area (Å²) in [5.74, 6) is 0.159. The summed E-state index contributed by atoms with van der Waals surface area (Å²) in [7, 11) is -3.24. The van der Waals surface area contributed by atoms with Crippen molar-refractivity contribution in [3.63, 3.8) is 0 Å². The smallest absolute Gasteiger partial charge is 0.244 e. The van der Waals surface area contributed by atoms with E-state index in [9.17, 15) is 18.3 Å². The van der Waals surface area contributed by atoms with Crippen molar-refractivity contribution in [3.05, 3.63) is 78.1 Å². The number of nitrogens with one attached hydrogen (secondary N) is 2. The van der Waals surface area contributed by atoms with E-state index in [-0.39, 0.29) is 23.3 Å². The topological polar surface area (TPSA) is 129 Å². The van der Waals surface area contributed by atoms with Crippen molar-refractivity contribution in [1.29, 1.82) is 0 Å². The Labute approximate surface area is 186 Å². The van der Waals surface area contributed by atoms with Crippen LogP contribution in [0.5, 0.6) is 0 Å². The molecule has 4 N–H and O–H groups in total. The summed E-state index contributed by atoms with van der Waals surface area (Å²) in [6.07, 6.45) is 4.34. The minimum absolute atomic E-state index is 0.160. The molecule has 0 aliphatic carbocycles. The quantitative estimate of drug-likeness (QED) is 0.288. The first-order valence-corrected chi connectivity index (χ1v) is 11.7. The molecule has 0 unspecified atom stereocenters. The number of aliphatic hydroxyl groups is 1. The first-order valence-electron chi connectivity index (χ1n) is 9.77. The lowest BCUT2D eigenvalue weighted by Gasteiger charge is -2.15. The Morgan fingerprint density at radius 2 is 1.66 bits per heavy atom. The Morgan fingerprint density at radius 1 is 1.03 bits per heavy atom. The molecule has 0 bridgehead atoms. The number of amides is 1. The van der Waals surface area contributed by atoms with Crippen LogP contribution in [0.25, 0.3) is 17.2 Å². The Hall–Kier alpha value is -3.40. The van der Waals surface area contributed by atoms with Gasteiger partial charge < -0.3 is 14.8 Å². The van der Waals surface area contributed by atoms with Gasteiger partial charge in [-0.15, -0.1) is 0 Å². The molecule has 32 heavy (non-hydrogen) atoms. The summed E-state index contributed by atoms with van der Waals surface area (Å²) in [5.41, 5.74) is 4.61. The van der Waals surface area contributed by atoms with Gasteiger partial charge in [0, 0.05) is 18.4 Å². The third kappa shape index (κ3) is 6.30. The van der Waals surface area contributed by atoms with Crippen LogP contribution in [0, 0.1) is 0 Å².